The standard InChI is InChI=1S/C20H23ClN2O4S/c1-27-18-7-4-5-16(13-18)22-20(24)14-17-6-2-3-12-23(17)28(25,26)19-10-8-15(21)9-11-19/h4-5,7-11,13,17H,2-3,6,12,14H2,1H3,(H,22,24)/t17-/m0/s1. The summed E-state index contributed by atoms with van der Waals surface area (Å²) in [4.78, 5) is 12.7. The van der Waals surface area contributed by atoms with Crippen LogP contribution in [0.15, 0.2) is 53.4 Å². The average Bonchev–Trinajstić information content (AvgIpc) is 2.68. The van der Waals surface area contributed by atoms with Crippen LogP contribution in [0.4, 0.5) is 5.69 Å². The fourth-order valence-corrected chi connectivity index (χ4v) is 5.18. The lowest BCUT2D eigenvalue weighted by Gasteiger charge is -2.34. The molecular formula is C20H23ClN2O4S. The zero-order chi connectivity index (χ0) is 20.1. The monoisotopic (exact) mass is 422 g/mol. The summed E-state index contributed by atoms with van der Waals surface area (Å²) in [6.45, 7) is 0.405. The van der Waals surface area contributed by atoms with Crippen molar-refractivity contribution in [1.82, 2.24) is 4.31 Å². The van der Waals surface area contributed by atoms with Gasteiger partial charge in [0.15, 0.2) is 0 Å². The Balaban J connectivity index is 1.73. The lowest BCUT2D eigenvalue weighted by molar-refractivity contribution is -0.117. The molecule has 28 heavy (non-hydrogen) atoms. The smallest absolute Gasteiger partial charge is 0.243 e. The van der Waals surface area contributed by atoms with E-state index in [1.54, 1.807) is 43.5 Å². The quantitative estimate of drug-likeness (QED) is 0.765. The summed E-state index contributed by atoms with van der Waals surface area (Å²) >= 11 is 5.87. The molecule has 6 nitrogen and oxygen atoms in total. The molecule has 1 aliphatic rings. The zero-order valence-corrected chi connectivity index (χ0v) is 17.2. The van der Waals surface area contributed by atoms with Crippen LogP contribution in [0.3, 0.4) is 0 Å². The van der Waals surface area contributed by atoms with Gasteiger partial charge in [-0.15, -0.1) is 0 Å². The second-order valence-corrected chi connectivity index (χ2v) is 9.03. The maximum atomic E-state index is 13.1. The molecule has 3 rings (SSSR count). The van der Waals surface area contributed by atoms with E-state index in [2.05, 4.69) is 5.32 Å². The molecule has 8 heteroatoms. The van der Waals surface area contributed by atoms with E-state index in [4.69, 9.17) is 16.3 Å². The van der Waals surface area contributed by atoms with Gasteiger partial charge in [-0.25, -0.2) is 8.42 Å². The Bertz CT molecular complexity index is 931. The Kier molecular flexibility index (Phi) is 6.59. The SMILES string of the molecule is COc1cccc(NC(=O)C[C@@H]2CCCCN2S(=O)(=O)c2ccc(Cl)cc2)c1. The van der Waals surface area contributed by atoms with E-state index < -0.39 is 10.0 Å². The Morgan fingerprint density at radius 3 is 2.68 bits per heavy atom. The number of hydrogen-bond donors (Lipinski definition) is 1. The minimum atomic E-state index is -3.68. The molecule has 0 bridgehead atoms. The number of anilines is 1. The van der Waals surface area contributed by atoms with E-state index in [0.717, 1.165) is 12.8 Å². The molecule has 0 saturated carbocycles. The molecule has 2 aromatic rings. The number of nitrogens with zero attached hydrogens (tertiary/aromatic N) is 1. The van der Waals surface area contributed by atoms with Gasteiger partial charge in [-0.3, -0.25) is 4.79 Å². The lowest BCUT2D eigenvalue weighted by atomic mass is 10.0. The van der Waals surface area contributed by atoms with Gasteiger partial charge in [-0.1, -0.05) is 24.1 Å². The first-order chi connectivity index (χ1) is 13.4. The minimum absolute atomic E-state index is 0.101. The Hall–Kier alpha value is -2.09. The fraction of sp³-hybridized carbons (Fsp3) is 0.350. The average molecular weight is 423 g/mol. The first-order valence-corrected chi connectivity index (χ1v) is 10.9. The molecule has 1 heterocycles. The molecule has 0 radical (unpaired) electrons. The van der Waals surface area contributed by atoms with Gasteiger partial charge in [-0.05, 0) is 49.2 Å². The van der Waals surface area contributed by atoms with Crippen molar-refractivity contribution in [2.75, 3.05) is 19.0 Å². The van der Waals surface area contributed by atoms with Crippen LogP contribution in [0.5, 0.6) is 5.75 Å². The third-order valence-corrected chi connectivity index (χ3v) is 6.99. The highest BCUT2D eigenvalue weighted by Gasteiger charge is 2.34. The summed E-state index contributed by atoms with van der Waals surface area (Å²) in [7, 11) is -2.12. The fourth-order valence-electron chi connectivity index (χ4n) is 3.36. The molecular weight excluding hydrogens is 400 g/mol. The van der Waals surface area contributed by atoms with E-state index in [0.29, 0.717) is 29.4 Å². The number of ether oxygens (including phenoxy) is 1. The normalized spacial score (nSPS) is 17.9. The van der Waals surface area contributed by atoms with Crippen molar-refractivity contribution in [2.24, 2.45) is 0 Å². The summed E-state index contributed by atoms with van der Waals surface area (Å²) in [6, 6.07) is 12.8. The van der Waals surface area contributed by atoms with Gasteiger partial charge in [0, 0.05) is 35.8 Å². The van der Waals surface area contributed by atoms with Crippen LogP contribution >= 0.6 is 11.6 Å². The molecule has 0 unspecified atom stereocenters. The van der Waals surface area contributed by atoms with E-state index in [1.165, 1.54) is 16.4 Å². The van der Waals surface area contributed by atoms with Gasteiger partial charge < -0.3 is 10.1 Å². The topological polar surface area (TPSA) is 75.7 Å². The molecule has 1 aliphatic heterocycles. The second-order valence-electron chi connectivity index (χ2n) is 6.70. The number of halogens is 1. The highest BCUT2D eigenvalue weighted by molar-refractivity contribution is 7.89. The molecule has 1 saturated heterocycles. The van der Waals surface area contributed by atoms with Crippen LogP contribution in [-0.2, 0) is 14.8 Å². The van der Waals surface area contributed by atoms with Crippen LogP contribution in [0.25, 0.3) is 0 Å². The summed E-state index contributed by atoms with van der Waals surface area (Å²) in [5.41, 5.74) is 0.618. The largest absolute Gasteiger partial charge is 0.497 e. The van der Waals surface area contributed by atoms with Gasteiger partial charge in [0.1, 0.15) is 5.75 Å². The van der Waals surface area contributed by atoms with Gasteiger partial charge >= 0.3 is 0 Å². The predicted octanol–water partition coefficient (Wildman–Crippen LogP) is 3.92. The van der Waals surface area contributed by atoms with Crippen LogP contribution in [0.1, 0.15) is 25.7 Å². The molecule has 1 atom stereocenters. The number of nitrogens with one attached hydrogen (secondary N) is 1. The van der Waals surface area contributed by atoms with E-state index in [-0.39, 0.29) is 23.3 Å². The number of rotatable bonds is 6. The first kappa shape index (κ1) is 20.6. The highest BCUT2D eigenvalue weighted by atomic mass is 35.5. The van der Waals surface area contributed by atoms with Crippen molar-refractivity contribution >= 4 is 33.2 Å². The summed E-state index contributed by atoms with van der Waals surface area (Å²) < 4.78 is 32.7. The van der Waals surface area contributed by atoms with E-state index in [1.807, 2.05) is 0 Å². The molecule has 1 N–H and O–H groups in total. The molecule has 150 valence electrons. The summed E-state index contributed by atoms with van der Waals surface area (Å²) in [5.74, 6) is 0.416. The molecule has 0 aromatic heterocycles. The lowest BCUT2D eigenvalue weighted by Crippen LogP contribution is -2.45. The van der Waals surface area contributed by atoms with Crippen molar-refractivity contribution in [3.05, 3.63) is 53.6 Å². The number of amides is 1. The van der Waals surface area contributed by atoms with Crippen LogP contribution in [-0.4, -0.2) is 38.3 Å². The Morgan fingerprint density at radius 1 is 1.21 bits per heavy atom. The summed E-state index contributed by atoms with van der Waals surface area (Å²) in [5, 5.41) is 3.30. The number of carbonyl (C=O) groups is 1. The Labute approximate surface area is 170 Å². The van der Waals surface area contributed by atoms with Crippen molar-refractivity contribution in [3.8, 4) is 5.75 Å². The third-order valence-electron chi connectivity index (χ3n) is 4.77. The van der Waals surface area contributed by atoms with Crippen molar-refractivity contribution in [1.29, 1.82) is 0 Å². The molecule has 2 aromatic carbocycles. The van der Waals surface area contributed by atoms with Crippen LogP contribution in [0, 0.1) is 0 Å². The maximum Gasteiger partial charge on any atom is 0.243 e. The van der Waals surface area contributed by atoms with Crippen molar-refractivity contribution in [2.45, 2.75) is 36.6 Å². The van der Waals surface area contributed by atoms with E-state index in [9.17, 15) is 13.2 Å². The minimum Gasteiger partial charge on any atom is -0.497 e. The number of carbonyl (C=O) groups excluding carboxylic acids is 1. The van der Waals surface area contributed by atoms with E-state index >= 15 is 0 Å². The van der Waals surface area contributed by atoms with Crippen LogP contribution in [0.2, 0.25) is 5.02 Å². The van der Waals surface area contributed by atoms with Gasteiger partial charge in [0.25, 0.3) is 0 Å². The first-order valence-electron chi connectivity index (χ1n) is 9.11. The molecule has 0 aliphatic carbocycles. The molecule has 0 spiro atoms. The highest BCUT2D eigenvalue weighted by Crippen LogP contribution is 2.28. The zero-order valence-electron chi connectivity index (χ0n) is 15.6. The van der Waals surface area contributed by atoms with Gasteiger partial charge in [-0.2, -0.15) is 4.31 Å². The number of benzene rings is 2. The third kappa shape index (κ3) is 4.84. The molecule has 1 amide bonds. The second kappa shape index (κ2) is 8.94. The summed E-state index contributed by atoms with van der Waals surface area (Å²) in [6.07, 6.45) is 2.42. The maximum absolute atomic E-state index is 13.1. The predicted molar refractivity (Wildman–Crippen MR) is 109 cm³/mol. The Morgan fingerprint density at radius 2 is 1.96 bits per heavy atom. The van der Waals surface area contributed by atoms with Crippen LogP contribution < -0.4 is 10.1 Å². The number of methoxy groups -OCH3 is 1. The number of hydrogen-bond acceptors (Lipinski definition) is 4. The van der Waals surface area contributed by atoms with Gasteiger partial charge in [0.2, 0.25) is 15.9 Å². The molecule has 1 fully saturated rings. The number of sulfonamides is 1. The van der Waals surface area contributed by atoms with Crippen molar-refractivity contribution in [3.63, 3.8) is 0 Å². The van der Waals surface area contributed by atoms with Gasteiger partial charge in [0.05, 0.1) is 12.0 Å². The van der Waals surface area contributed by atoms with Crippen molar-refractivity contribution < 1.29 is 17.9 Å². The number of piperidine rings is 1.